The van der Waals surface area contributed by atoms with E-state index in [0.29, 0.717) is 22.7 Å². The maximum Gasteiger partial charge on any atom is 0.337 e. The Kier molecular flexibility index (Phi) is 3.65. The number of imidazole rings is 1. The fraction of sp³-hybridized carbons (Fsp3) is 0.235. The number of carboxylic acid groups (broad SMARTS) is 1. The zero-order valence-corrected chi connectivity index (χ0v) is 13.7. The van der Waals surface area contributed by atoms with Crippen molar-refractivity contribution in [3.8, 4) is 6.07 Å². The number of rotatable bonds is 5. The van der Waals surface area contributed by atoms with Gasteiger partial charge in [-0.1, -0.05) is 6.07 Å². The van der Waals surface area contributed by atoms with Gasteiger partial charge in [0, 0.05) is 6.04 Å². The molecule has 1 aliphatic rings. The second-order valence-electron chi connectivity index (χ2n) is 6.06. The minimum absolute atomic E-state index is 0.105. The first-order valence-corrected chi connectivity index (χ1v) is 8.07. The van der Waals surface area contributed by atoms with Crippen LogP contribution >= 0.6 is 0 Å². The van der Waals surface area contributed by atoms with Crippen LogP contribution < -0.4 is 11.1 Å². The quantitative estimate of drug-likeness (QED) is 0.634. The smallest absolute Gasteiger partial charge is 0.337 e. The van der Waals surface area contributed by atoms with E-state index in [1.807, 2.05) is 10.6 Å². The summed E-state index contributed by atoms with van der Waals surface area (Å²) in [5.41, 5.74) is 7.37. The van der Waals surface area contributed by atoms with E-state index in [-0.39, 0.29) is 29.5 Å². The molecule has 9 heteroatoms. The van der Waals surface area contributed by atoms with E-state index >= 15 is 0 Å². The molecular formula is C17H15N7O2. The molecule has 26 heavy (non-hydrogen) atoms. The molecule has 1 aromatic carbocycles. The van der Waals surface area contributed by atoms with E-state index in [0.717, 1.165) is 12.8 Å². The second-order valence-corrected chi connectivity index (χ2v) is 6.06. The van der Waals surface area contributed by atoms with Gasteiger partial charge in [-0.15, -0.1) is 0 Å². The minimum atomic E-state index is -0.979. The highest BCUT2D eigenvalue weighted by molar-refractivity contribution is 6.01. The number of aromatic nitrogens is 4. The summed E-state index contributed by atoms with van der Waals surface area (Å²) in [4.78, 5) is 24.1. The number of carbonyl (C=O) groups is 1. The van der Waals surface area contributed by atoms with Crippen LogP contribution in [0.1, 0.15) is 40.6 Å². The first-order chi connectivity index (χ1) is 12.6. The van der Waals surface area contributed by atoms with Gasteiger partial charge >= 0.3 is 5.97 Å². The van der Waals surface area contributed by atoms with E-state index in [4.69, 9.17) is 5.73 Å². The van der Waals surface area contributed by atoms with Crippen LogP contribution in [0, 0.1) is 11.3 Å². The fourth-order valence-electron chi connectivity index (χ4n) is 3.03. The molecular weight excluding hydrogens is 334 g/mol. The largest absolute Gasteiger partial charge is 0.478 e. The first-order valence-electron chi connectivity index (χ1n) is 8.07. The van der Waals surface area contributed by atoms with Crippen LogP contribution in [-0.4, -0.2) is 30.6 Å². The highest BCUT2D eigenvalue weighted by Gasteiger charge is 2.30. The lowest BCUT2D eigenvalue weighted by molar-refractivity contribution is 0.0698. The number of nitrogens with zero attached hydrogens (tertiary/aromatic N) is 5. The number of nitrogen functional groups attached to an aromatic ring is 1. The van der Waals surface area contributed by atoms with E-state index in [9.17, 15) is 15.2 Å². The van der Waals surface area contributed by atoms with Crippen molar-refractivity contribution >= 4 is 28.6 Å². The van der Waals surface area contributed by atoms with Gasteiger partial charge in [0.15, 0.2) is 0 Å². The van der Waals surface area contributed by atoms with Crippen LogP contribution in [0.15, 0.2) is 24.5 Å². The number of hydrogen-bond acceptors (Lipinski definition) is 7. The van der Waals surface area contributed by atoms with Crippen molar-refractivity contribution in [3.63, 3.8) is 0 Å². The lowest BCUT2D eigenvalue weighted by Gasteiger charge is -2.11. The molecule has 4 rings (SSSR count). The lowest BCUT2D eigenvalue weighted by atomic mass is 10.2. The number of carboxylic acids is 1. The number of nitrogens with two attached hydrogens (primary N) is 1. The number of benzene rings is 1. The van der Waals surface area contributed by atoms with Crippen LogP contribution in [0.25, 0.3) is 11.0 Å². The topological polar surface area (TPSA) is 143 Å². The van der Waals surface area contributed by atoms with Crippen LogP contribution in [0.4, 0.5) is 11.6 Å². The molecule has 2 aromatic heterocycles. The van der Waals surface area contributed by atoms with Gasteiger partial charge in [0.05, 0.1) is 23.1 Å². The Morgan fingerprint density at radius 2 is 2.23 bits per heavy atom. The number of anilines is 2. The molecule has 0 spiro atoms. The standard InChI is InChI=1S/C17H15N7O2/c18-6-11-15(19)21-8-22-16(11)20-7-13-23-12-3-1-2-10(17(25)26)14(12)24(13)9-4-5-9/h1-3,8-9H,4-5,7H2,(H,25,26)(H3,19,20,21,22). The average Bonchev–Trinajstić information content (AvgIpc) is 3.39. The highest BCUT2D eigenvalue weighted by Crippen LogP contribution is 2.39. The van der Waals surface area contributed by atoms with Gasteiger partial charge in [0.25, 0.3) is 0 Å². The zero-order chi connectivity index (χ0) is 18.3. The van der Waals surface area contributed by atoms with Gasteiger partial charge in [-0.25, -0.2) is 19.7 Å². The summed E-state index contributed by atoms with van der Waals surface area (Å²) in [5.74, 6) is 0.145. The molecule has 0 radical (unpaired) electrons. The van der Waals surface area contributed by atoms with Crippen LogP contribution in [0.5, 0.6) is 0 Å². The van der Waals surface area contributed by atoms with E-state index in [2.05, 4.69) is 20.3 Å². The number of fused-ring (bicyclic) bond motifs is 1. The first kappa shape index (κ1) is 15.8. The Labute approximate surface area is 148 Å². The summed E-state index contributed by atoms with van der Waals surface area (Å²) < 4.78 is 1.97. The van der Waals surface area contributed by atoms with Gasteiger partial charge in [-0.2, -0.15) is 5.26 Å². The van der Waals surface area contributed by atoms with Crippen molar-refractivity contribution in [1.29, 1.82) is 5.26 Å². The van der Waals surface area contributed by atoms with Gasteiger partial charge < -0.3 is 20.7 Å². The summed E-state index contributed by atoms with van der Waals surface area (Å²) in [6, 6.07) is 7.29. The molecule has 0 atom stereocenters. The average molecular weight is 349 g/mol. The van der Waals surface area contributed by atoms with Crippen LogP contribution in [0.2, 0.25) is 0 Å². The third-order valence-electron chi connectivity index (χ3n) is 4.33. The number of nitrogens with one attached hydrogen (secondary N) is 1. The SMILES string of the molecule is N#Cc1c(N)ncnc1NCc1nc2cccc(C(=O)O)c2n1C1CC1. The van der Waals surface area contributed by atoms with Crippen molar-refractivity contribution in [2.75, 3.05) is 11.1 Å². The summed E-state index contributed by atoms with van der Waals surface area (Å²) in [5, 5.41) is 21.8. The molecule has 1 saturated carbocycles. The van der Waals surface area contributed by atoms with Crippen LogP contribution in [0.3, 0.4) is 0 Å². The summed E-state index contributed by atoms with van der Waals surface area (Å²) in [6.45, 7) is 0.287. The Morgan fingerprint density at radius 3 is 2.92 bits per heavy atom. The van der Waals surface area contributed by atoms with E-state index in [1.54, 1.807) is 18.2 Å². The highest BCUT2D eigenvalue weighted by atomic mass is 16.4. The van der Waals surface area contributed by atoms with Crippen molar-refractivity contribution in [2.24, 2.45) is 0 Å². The van der Waals surface area contributed by atoms with Crippen molar-refractivity contribution in [2.45, 2.75) is 25.4 Å². The zero-order valence-electron chi connectivity index (χ0n) is 13.7. The maximum atomic E-state index is 11.6. The molecule has 2 heterocycles. The number of hydrogen-bond donors (Lipinski definition) is 3. The molecule has 0 unspecified atom stereocenters. The van der Waals surface area contributed by atoms with Gasteiger partial charge in [-0.05, 0) is 25.0 Å². The Balaban J connectivity index is 1.75. The number of nitriles is 1. The lowest BCUT2D eigenvalue weighted by Crippen LogP contribution is -2.11. The third-order valence-corrected chi connectivity index (χ3v) is 4.33. The molecule has 0 saturated heterocycles. The molecule has 0 amide bonds. The number of aromatic carboxylic acids is 1. The van der Waals surface area contributed by atoms with Crippen LogP contribution in [-0.2, 0) is 6.54 Å². The Morgan fingerprint density at radius 1 is 1.42 bits per heavy atom. The Hall–Kier alpha value is -3.67. The molecule has 1 fully saturated rings. The second kappa shape index (κ2) is 6.00. The molecule has 4 N–H and O–H groups in total. The predicted octanol–water partition coefficient (Wildman–Crippen LogP) is 1.93. The molecule has 9 nitrogen and oxygen atoms in total. The molecule has 3 aromatic rings. The fourth-order valence-corrected chi connectivity index (χ4v) is 3.03. The molecule has 0 aliphatic heterocycles. The normalized spacial score (nSPS) is 13.5. The third kappa shape index (κ3) is 2.57. The van der Waals surface area contributed by atoms with Gasteiger partial charge in [0.2, 0.25) is 0 Å². The van der Waals surface area contributed by atoms with Gasteiger partial charge in [0.1, 0.15) is 35.4 Å². The van der Waals surface area contributed by atoms with E-state index in [1.165, 1.54) is 6.33 Å². The van der Waals surface area contributed by atoms with Gasteiger partial charge in [-0.3, -0.25) is 0 Å². The maximum absolute atomic E-state index is 11.6. The monoisotopic (exact) mass is 349 g/mol. The molecule has 0 bridgehead atoms. The predicted molar refractivity (Wildman–Crippen MR) is 93.4 cm³/mol. The van der Waals surface area contributed by atoms with E-state index < -0.39 is 5.97 Å². The minimum Gasteiger partial charge on any atom is -0.478 e. The van der Waals surface area contributed by atoms with Crippen molar-refractivity contribution in [1.82, 2.24) is 19.5 Å². The molecule has 1 aliphatic carbocycles. The van der Waals surface area contributed by atoms with Crippen molar-refractivity contribution in [3.05, 3.63) is 41.5 Å². The summed E-state index contributed by atoms with van der Waals surface area (Å²) in [7, 11) is 0. The Bertz CT molecular complexity index is 1060. The van der Waals surface area contributed by atoms with Crippen molar-refractivity contribution < 1.29 is 9.90 Å². The molecule has 130 valence electrons. The summed E-state index contributed by atoms with van der Waals surface area (Å²) in [6.07, 6.45) is 3.25. The summed E-state index contributed by atoms with van der Waals surface area (Å²) >= 11 is 0. The number of para-hydroxylation sites is 1.